The number of carbonyl (C=O) groups excluding carboxylic acids is 1. The molecule has 0 aliphatic rings. The highest BCUT2D eigenvalue weighted by molar-refractivity contribution is 7.90. The highest BCUT2D eigenvalue weighted by Crippen LogP contribution is 2.22. The standard InChI is InChI=1S/C15H15N3O5S/c1-24(22,23)13-4-2-3-12(8-13)17-9-11-6-5-10(15(16)19)7-14(11)18(20)21/h2-8,17H,9H2,1H3,(H2,16,19). The van der Waals surface area contributed by atoms with Crippen LogP contribution in [-0.4, -0.2) is 25.5 Å². The average Bonchev–Trinajstić information content (AvgIpc) is 2.52. The van der Waals surface area contributed by atoms with Crippen LogP contribution in [0.4, 0.5) is 11.4 Å². The van der Waals surface area contributed by atoms with E-state index in [9.17, 15) is 23.3 Å². The predicted octanol–water partition coefficient (Wildman–Crippen LogP) is 1.71. The van der Waals surface area contributed by atoms with Crippen molar-refractivity contribution in [3.8, 4) is 0 Å². The van der Waals surface area contributed by atoms with Crippen LogP contribution < -0.4 is 11.1 Å². The molecule has 0 aliphatic heterocycles. The summed E-state index contributed by atoms with van der Waals surface area (Å²) in [5, 5.41) is 14.1. The van der Waals surface area contributed by atoms with E-state index in [0.717, 1.165) is 12.3 Å². The minimum Gasteiger partial charge on any atom is -0.381 e. The summed E-state index contributed by atoms with van der Waals surface area (Å²) in [6.45, 7) is 0.0859. The van der Waals surface area contributed by atoms with Crippen LogP contribution in [0.3, 0.4) is 0 Å². The lowest BCUT2D eigenvalue weighted by Crippen LogP contribution is -2.12. The maximum Gasteiger partial charge on any atom is 0.275 e. The number of carbonyl (C=O) groups is 1. The van der Waals surface area contributed by atoms with E-state index < -0.39 is 20.7 Å². The van der Waals surface area contributed by atoms with Crippen molar-refractivity contribution in [1.29, 1.82) is 0 Å². The van der Waals surface area contributed by atoms with E-state index in [2.05, 4.69) is 5.32 Å². The minimum atomic E-state index is -3.34. The Kier molecular flexibility index (Phi) is 4.84. The molecule has 1 amide bonds. The Labute approximate surface area is 138 Å². The zero-order chi connectivity index (χ0) is 17.9. The van der Waals surface area contributed by atoms with Crippen LogP contribution in [0.2, 0.25) is 0 Å². The lowest BCUT2D eigenvalue weighted by atomic mass is 10.1. The molecular formula is C15H15N3O5S. The Balaban J connectivity index is 2.26. The van der Waals surface area contributed by atoms with E-state index >= 15 is 0 Å². The van der Waals surface area contributed by atoms with Gasteiger partial charge in [-0.05, 0) is 30.3 Å². The summed E-state index contributed by atoms with van der Waals surface area (Å²) in [6.07, 6.45) is 1.10. The topological polar surface area (TPSA) is 132 Å². The average molecular weight is 349 g/mol. The van der Waals surface area contributed by atoms with Gasteiger partial charge in [0.25, 0.3) is 5.69 Å². The Bertz CT molecular complexity index is 909. The predicted molar refractivity (Wildman–Crippen MR) is 88.5 cm³/mol. The number of nitro groups is 1. The number of sulfone groups is 1. The molecule has 0 spiro atoms. The van der Waals surface area contributed by atoms with Gasteiger partial charge in [0.15, 0.2) is 9.84 Å². The van der Waals surface area contributed by atoms with Crippen molar-refractivity contribution in [2.75, 3.05) is 11.6 Å². The summed E-state index contributed by atoms with van der Waals surface area (Å²) in [7, 11) is -3.34. The second-order valence-electron chi connectivity index (χ2n) is 5.12. The van der Waals surface area contributed by atoms with Crippen molar-refractivity contribution in [2.45, 2.75) is 11.4 Å². The molecule has 0 aliphatic carbocycles. The summed E-state index contributed by atoms with van der Waals surface area (Å²) in [5.41, 5.74) is 5.78. The Morgan fingerprint density at radius 1 is 1.25 bits per heavy atom. The number of nitrogens with zero attached hydrogens (tertiary/aromatic N) is 1. The Hall–Kier alpha value is -2.94. The highest BCUT2D eigenvalue weighted by Gasteiger charge is 2.16. The lowest BCUT2D eigenvalue weighted by Gasteiger charge is -2.09. The Morgan fingerprint density at radius 2 is 1.96 bits per heavy atom. The molecule has 0 radical (unpaired) electrons. The van der Waals surface area contributed by atoms with Gasteiger partial charge in [0.05, 0.1) is 9.82 Å². The third-order valence-corrected chi connectivity index (χ3v) is 4.42. The summed E-state index contributed by atoms with van der Waals surface area (Å²) in [5.74, 6) is -0.751. The molecule has 2 aromatic carbocycles. The van der Waals surface area contributed by atoms with Crippen LogP contribution in [0.5, 0.6) is 0 Å². The van der Waals surface area contributed by atoms with Crippen LogP contribution in [-0.2, 0) is 16.4 Å². The first kappa shape index (κ1) is 17.4. The minimum absolute atomic E-state index is 0.0459. The third-order valence-electron chi connectivity index (χ3n) is 3.31. The number of nitro benzene ring substituents is 1. The normalized spacial score (nSPS) is 11.0. The molecule has 24 heavy (non-hydrogen) atoms. The fraction of sp³-hybridized carbons (Fsp3) is 0.133. The van der Waals surface area contributed by atoms with E-state index in [1.807, 2.05) is 0 Å². The van der Waals surface area contributed by atoms with Crippen LogP contribution in [0.15, 0.2) is 47.4 Å². The largest absolute Gasteiger partial charge is 0.381 e. The fourth-order valence-electron chi connectivity index (χ4n) is 2.07. The number of rotatable bonds is 6. The Morgan fingerprint density at radius 3 is 2.54 bits per heavy atom. The van der Waals surface area contributed by atoms with Crippen molar-refractivity contribution in [1.82, 2.24) is 0 Å². The van der Waals surface area contributed by atoms with Crippen molar-refractivity contribution in [3.05, 3.63) is 63.7 Å². The summed E-state index contributed by atoms with van der Waals surface area (Å²) in [4.78, 5) is 21.8. The molecule has 3 N–H and O–H groups in total. The number of hydrogen-bond acceptors (Lipinski definition) is 6. The number of amides is 1. The number of nitrogens with one attached hydrogen (secondary N) is 1. The van der Waals surface area contributed by atoms with Gasteiger partial charge in [-0.1, -0.05) is 6.07 Å². The van der Waals surface area contributed by atoms with Crippen molar-refractivity contribution in [2.24, 2.45) is 5.73 Å². The molecule has 0 saturated heterocycles. The van der Waals surface area contributed by atoms with E-state index in [-0.39, 0.29) is 22.7 Å². The van der Waals surface area contributed by atoms with Gasteiger partial charge in [0.2, 0.25) is 5.91 Å². The number of anilines is 1. The van der Waals surface area contributed by atoms with E-state index in [4.69, 9.17) is 5.73 Å². The second kappa shape index (κ2) is 6.67. The summed E-state index contributed by atoms with van der Waals surface area (Å²) < 4.78 is 23.1. The van der Waals surface area contributed by atoms with Gasteiger partial charge in [-0.2, -0.15) is 0 Å². The highest BCUT2D eigenvalue weighted by atomic mass is 32.2. The molecule has 0 unspecified atom stereocenters. The van der Waals surface area contributed by atoms with Crippen molar-refractivity contribution < 1.29 is 18.1 Å². The molecule has 0 fully saturated rings. The van der Waals surface area contributed by atoms with Gasteiger partial charge in [-0.25, -0.2) is 8.42 Å². The first-order chi connectivity index (χ1) is 11.2. The summed E-state index contributed by atoms with van der Waals surface area (Å²) >= 11 is 0. The van der Waals surface area contributed by atoms with Gasteiger partial charge in [0, 0.05) is 35.7 Å². The first-order valence-corrected chi connectivity index (χ1v) is 8.69. The zero-order valence-electron chi connectivity index (χ0n) is 12.7. The van der Waals surface area contributed by atoms with Gasteiger partial charge < -0.3 is 11.1 Å². The fourth-order valence-corrected chi connectivity index (χ4v) is 2.74. The van der Waals surface area contributed by atoms with Gasteiger partial charge in [-0.15, -0.1) is 0 Å². The second-order valence-corrected chi connectivity index (χ2v) is 7.13. The van der Waals surface area contributed by atoms with Crippen molar-refractivity contribution >= 4 is 27.1 Å². The van der Waals surface area contributed by atoms with Crippen LogP contribution in [0, 0.1) is 10.1 Å². The van der Waals surface area contributed by atoms with E-state index in [1.54, 1.807) is 12.1 Å². The number of benzene rings is 2. The maximum absolute atomic E-state index is 11.5. The van der Waals surface area contributed by atoms with Crippen LogP contribution >= 0.6 is 0 Å². The molecule has 2 rings (SSSR count). The van der Waals surface area contributed by atoms with Crippen molar-refractivity contribution in [3.63, 3.8) is 0 Å². The molecule has 8 nitrogen and oxygen atoms in total. The lowest BCUT2D eigenvalue weighted by molar-refractivity contribution is -0.385. The molecule has 0 atom stereocenters. The number of hydrogen-bond donors (Lipinski definition) is 2. The zero-order valence-corrected chi connectivity index (χ0v) is 13.5. The molecule has 126 valence electrons. The third kappa shape index (κ3) is 4.07. The smallest absolute Gasteiger partial charge is 0.275 e. The maximum atomic E-state index is 11.5. The molecule has 2 aromatic rings. The number of primary amides is 1. The molecule has 9 heteroatoms. The number of nitrogens with two attached hydrogens (primary N) is 1. The molecule has 0 saturated carbocycles. The quantitative estimate of drug-likeness (QED) is 0.602. The van der Waals surface area contributed by atoms with Gasteiger partial charge >= 0.3 is 0 Å². The summed E-state index contributed by atoms with van der Waals surface area (Å²) in [6, 6.07) is 10.1. The first-order valence-electron chi connectivity index (χ1n) is 6.79. The molecule has 0 bridgehead atoms. The van der Waals surface area contributed by atoms with Crippen LogP contribution in [0.1, 0.15) is 15.9 Å². The van der Waals surface area contributed by atoms with Gasteiger partial charge in [0.1, 0.15) is 0 Å². The van der Waals surface area contributed by atoms with E-state index in [0.29, 0.717) is 11.3 Å². The SMILES string of the molecule is CS(=O)(=O)c1cccc(NCc2ccc(C(N)=O)cc2[N+](=O)[O-])c1. The molecular weight excluding hydrogens is 334 g/mol. The molecule has 0 aromatic heterocycles. The monoisotopic (exact) mass is 349 g/mol. The van der Waals surface area contributed by atoms with Crippen LogP contribution in [0.25, 0.3) is 0 Å². The van der Waals surface area contributed by atoms with E-state index in [1.165, 1.54) is 24.3 Å². The molecule has 0 heterocycles. The van der Waals surface area contributed by atoms with Gasteiger partial charge in [-0.3, -0.25) is 14.9 Å².